The van der Waals surface area contributed by atoms with E-state index in [-0.39, 0.29) is 0 Å². The van der Waals surface area contributed by atoms with Crippen molar-refractivity contribution in [3.8, 4) is 0 Å². The molecule has 4 heteroatoms. The highest BCUT2D eigenvalue weighted by atomic mass is 32.1. The van der Waals surface area contributed by atoms with Crippen LogP contribution in [-0.4, -0.2) is 40.7 Å². The lowest BCUT2D eigenvalue weighted by atomic mass is 10.1. The lowest BCUT2D eigenvalue weighted by Crippen LogP contribution is -2.32. The summed E-state index contributed by atoms with van der Waals surface area (Å²) in [7, 11) is 0. The van der Waals surface area contributed by atoms with Crippen molar-refractivity contribution in [1.82, 2.24) is 4.90 Å². The predicted molar refractivity (Wildman–Crippen MR) is 62.3 cm³/mol. The fourth-order valence-corrected chi connectivity index (χ4v) is 2.19. The van der Waals surface area contributed by atoms with Gasteiger partial charge >= 0.3 is 0 Å². The van der Waals surface area contributed by atoms with E-state index >= 15 is 0 Å². The lowest BCUT2D eigenvalue weighted by Gasteiger charge is -2.23. The molecule has 0 radical (unpaired) electrons. The van der Waals surface area contributed by atoms with E-state index in [9.17, 15) is 0 Å². The monoisotopic (exact) mass is 216 g/mol. The Morgan fingerprint density at radius 2 is 2.36 bits per heavy atom. The average molecular weight is 216 g/mol. The number of aliphatic hydroxyl groups is 1. The molecule has 3 N–H and O–H groups in total. The zero-order valence-corrected chi connectivity index (χ0v) is 9.43. The number of rotatable bonds is 6. The number of likely N-dealkylation sites (tertiary alicyclic amines) is 1. The van der Waals surface area contributed by atoms with Gasteiger partial charge in [0.15, 0.2) is 0 Å². The molecule has 1 fully saturated rings. The Balaban J connectivity index is 2.24. The minimum Gasteiger partial charge on any atom is -0.396 e. The Morgan fingerprint density at radius 1 is 1.57 bits per heavy atom. The first-order valence-electron chi connectivity index (χ1n) is 5.37. The summed E-state index contributed by atoms with van der Waals surface area (Å²) in [6.45, 7) is 2.46. The first kappa shape index (κ1) is 11.9. The summed E-state index contributed by atoms with van der Waals surface area (Å²) in [5.74, 6) is 0. The van der Waals surface area contributed by atoms with Crippen molar-refractivity contribution in [3.63, 3.8) is 0 Å². The zero-order chi connectivity index (χ0) is 10.4. The highest BCUT2D eigenvalue weighted by Crippen LogP contribution is 2.21. The maximum Gasteiger partial charge on any atom is 0.0740 e. The summed E-state index contributed by atoms with van der Waals surface area (Å²) < 4.78 is 0. The van der Waals surface area contributed by atoms with Crippen molar-refractivity contribution in [2.75, 3.05) is 19.7 Å². The smallest absolute Gasteiger partial charge is 0.0740 e. The molecule has 0 spiro atoms. The molecule has 1 saturated heterocycles. The van der Waals surface area contributed by atoms with Gasteiger partial charge in [-0.2, -0.15) is 0 Å². The van der Waals surface area contributed by atoms with Crippen molar-refractivity contribution in [3.05, 3.63) is 0 Å². The SMILES string of the molecule is NC(=S)CCN1CCCC1CCCO. The van der Waals surface area contributed by atoms with Crippen LogP contribution in [0.5, 0.6) is 0 Å². The molecule has 0 aromatic heterocycles. The molecule has 14 heavy (non-hydrogen) atoms. The van der Waals surface area contributed by atoms with Crippen LogP contribution in [0.15, 0.2) is 0 Å². The van der Waals surface area contributed by atoms with Crippen LogP contribution in [-0.2, 0) is 0 Å². The Morgan fingerprint density at radius 3 is 3.00 bits per heavy atom. The lowest BCUT2D eigenvalue weighted by molar-refractivity contribution is 0.220. The van der Waals surface area contributed by atoms with Gasteiger partial charge in [-0.15, -0.1) is 0 Å². The van der Waals surface area contributed by atoms with Crippen molar-refractivity contribution < 1.29 is 5.11 Å². The molecular weight excluding hydrogens is 196 g/mol. The van der Waals surface area contributed by atoms with E-state index in [1.165, 1.54) is 19.4 Å². The Labute approximate surface area is 91.3 Å². The zero-order valence-electron chi connectivity index (χ0n) is 8.61. The normalized spacial score (nSPS) is 22.8. The fraction of sp³-hybridized carbons (Fsp3) is 0.900. The fourth-order valence-electron chi connectivity index (χ4n) is 2.10. The van der Waals surface area contributed by atoms with Crippen molar-refractivity contribution in [1.29, 1.82) is 0 Å². The van der Waals surface area contributed by atoms with Gasteiger partial charge in [0, 0.05) is 25.6 Å². The molecule has 0 bridgehead atoms. The summed E-state index contributed by atoms with van der Waals surface area (Å²) >= 11 is 4.87. The van der Waals surface area contributed by atoms with Crippen LogP contribution in [0.2, 0.25) is 0 Å². The molecule has 0 saturated carbocycles. The molecule has 82 valence electrons. The van der Waals surface area contributed by atoms with Gasteiger partial charge in [-0.1, -0.05) is 12.2 Å². The molecule has 0 aliphatic carbocycles. The number of aliphatic hydroxyl groups excluding tert-OH is 1. The molecule has 0 aromatic rings. The molecule has 1 aliphatic rings. The van der Waals surface area contributed by atoms with Crippen LogP contribution in [0.1, 0.15) is 32.1 Å². The number of nitrogens with two attached hydrogens (primary N) is 1. The number of thiocarbonyl (C=S) groups is 1. The summed E-state index contributed by atoms with van der Waals surface area (Å²) in [6.07, 6.45) is 5.37. The topological polar surface area (TPSA) is 49.5 Å². The first-order chi connectivity index (χ1) is 6.74. The summed E-state index contributed by atoms with van der Waals surface area (Å²) in [5.41, 5.74) is 5.48. The third kappa shape index (κ3) is 3.90. The molecule has 1 atom stereocenters. The third-order valence-corrected chi connectivity index (χ3v) is 3.04. The van der Waals surface area contributed by atoms with E-state index < -0.39 is 0 Å². The number of hydrogen-bond donors (Lipinski definition) is 2. The van der Waals surface area contributed by atoms with Gasteiger partial charge in [-0.05, 0) is 32.2 Å². The number of hydrogen-bond acceptors (Lipinski definition) is 3. The van der Waals surface area contributed by atoms with Crippen LogP contribution in [0, 0.1) is 0 Å². The quantitative estimate of drug-likeness (QED) is 0.648. The van der Waals surface area contributed by atoms with Gasteiger partial charge in [0.1, 0.15) is 0 Å². The molecule has 3 nitrogen and oxygen atoms in total. The van der Waals surface area contributed by atoms with Crippen LogP contribution in [0.3, 0.4) is 0 Å². The Hall–Kier alpha value is -0.190. The molecular formula is C10H20N2OS. The second kappa shape index (κ2) is 6.32. The highest BCUT2D eigenvalue weighted by Gasteiger charge is 2.23. The molecule has 1 rings (SSSR count). The summed E-state index contributed by atoms with van der Waals surface area (Å²) in [4.78, 5) is 3.06. The minimum absolute atomic E-state index is 0.305. The highest BCUT2D eigenvalue weighted by molar-refractivity contribution is 7.80. The van der Waals surface area contributed by atoms with E-state index in [2.05, 4.69) is 4.90 Å². The summed E-state index contributed by atoms with van der Waals surface area (Å²) in [6, 6.07) is 0.650. The molecule has 1 aliphatic heterocycles. The van der Waals surface area contributed by atoms with Crippen LogP contribution < -0.4 is 5.73 Å². The average Bonchev–Trinajstić information content (AvgIpc) is 2.58. The molecule has 0 aromatic carbocycles. The maximum absolute atomic E-state index is 8.77. The standard InChI is InChI=1S/C10H20N2OS/c11-10(14)5-7-12-6-1-3-9(12)4-2-8-13/h9,13H,1-8H2,(H2,11,14). The molecule has 1 heterocycles. The number of nitrogens with zero attached hydrogens (tertiary/aromatic N) is 1. The van der Waals surface area contributed by atoms with Crippen LogP contribution in [0.25, 0.3) is 0 Å². The van der Waals surface area contributed by atoms with Gasteiger partial charge in [0.25, 0.3) is 0 Å². The van der Waals surface area contributed by atoms with Gasteiger partial charge < -0.3 is 10.8 Å². The van der Waals surface area contributed by atoms with Crippen LogP contribution in [0.4, 0.5) is 0 Å². The molecule has 1 unspecified atom stereocenters. The van der Waals surface area contributed by atoms with Gasteiger partial charge in [0.05, 0.1) is 4.99 Å². The van der Waals surface area contributed by atoms with E-state index in [0.717, 1.165) is 25.8 Å². The minimum atomic E-state index is 0.305. The van der Waals surface area contributed by atoms with E-state index in [4.69, 9.17) is 23.1 Å². The summed E-state index contributed by atoms with van der Waals surface area (Å²) in [5, 5.41) is 8.77. The van der Waals surface area contributed by atoms with E-state index in [1.54, 1.807) is 0 Å². The van der Waals surface area contributed by atoms with E-state index in [1.807, 2.05) is 0 Å². The van der Waals surface area contributed by atoms with Gasteiger partial charge in [0.2, 0.25) is 0 Å². The maximum atomic E-state index is 8.77. The predicted octanol–water partition coefficient (Wildman–Crippen LogP) is 0.899. The first-order valence-corrected chi connectivity index (χ1v) is 5.78. The second-order valence-corrected chi connectivity index (χ2v) is 4.44. The molecule has 0 amide bonds. The largest absolute Gasteiger partial charge is 0.396 e. The van der Waals surface area contributed by atoms with Gasteiger partial charge in [-0.3, -0.25) is 4.90 Å². The van der Waals surface area contributed by atoms with Crippen molar-refractivity contribution >= 4 is 17.2 Å². The van der Waals surface area contributed by atoms with E-state index in [0.29, 0.717) is 17.6 Å². The van der Waals surface area contributed by atoms with Crippen molar-refractivity contribution in [2.45, 2.75) is 38.1 Å². The van der Waals surface area contributed by atoms with Crippen LogP contribution >= 0.6 is 12.2 Å². The third-order valence-electron chi connectivity index (χ3n) is 2.84. The van der Waals surface area contributed by atoms with Gasteiger partial charge in [-0.25, -0.2) is 0 Å². The Kier molecular flexibility index (Phi) is 5.37. The second-order valence-electron chi connectivity index (χ2n) is 3.91. The Bertz CT molecular complexity index is 187. The van der Waals surface area contributed by atoms with Crippen molar-refractivity contribution in [2.24, 2.45) is 5.73 Å².